The summed E-state index contributed by atoms with van der Waals surface area (Å²) in [6.45, 7) is 6.69. The Hall–Kier alpha value is -3.29. The molecule has 0 aliphatic carbocycles. The van der Waals surface area contributed by atoms with Crippen LogP contribution in [0.15, 0.2) is 66.7 Å². The fourth-order valence-corrected chi connectivity index (χ4v) is 5.06. The molecule has 0 atom stereocenters. The van der Waals surface area contributed by atoms with E-state index in [4.69, 9.17) is 4.37 Å². The average molecular weight is 475 g/mol. The van der Waals surface area contributed by atoms with Crippen LogP contribution in [0.5, 0.6) is 0 Å². The molecule has 0 radical (unpaired) electrons. The Bertz CT molecular complexity index is 1300. The van der Waals surface area contributed by atoms with E-state index in [1.165, 1.54) is 21.7 Å². The molecule has 0 unspecified atom stereocenters. The molecule has 1 aliphatic heterocycles. The third kappa shape index (κ3) is 4.95. The van der Waals surface area contributed by atoms with Gasteiger partial charge in [-0.05, 0) is 72.4 Å². The van der Waals surface area contributed by atoms with Crippen LogP contribution in [-0.4, -0.2) is 47.9 Å². The average Bonchev–Trinajstić information content (AvgIpc) is 3.30. The zero-order valence-electron chi connectivity index (χ0n) is 19.1. The van der Waals surface area contributed by atoms with Gasteiger partial charge in [-0.15, -0.1) is 0 Å². The lowest BCUT2D eigenvalue weighted by molar-refractivity contribution is 0.102. The number of hydrogen-bond donors (Lipinski definition) is 1. The van der Waals surface area contributed by atoms with E-state index in [1.807, 2.05) is 24.3 Å². The van der Waals surface area contributed by atoms with Crippen LogP contribution >= 0.6 is 11.5 Å². The highest BCUT2D eigenvalue weighted by Gasteiger charge is 2.20. The number of carbonyl (C=O) groups is 1. The highest BCUT2D eigenvalue weighted by molar-refractivity contribution is 7.13. The summed E-state index contributed by atoms with van der Waals surface area (Å²) in [6, 6.07) is 20.9. The Balaban J connectivity index is 1.11. The van der Waals surface area contributed by atoms with E-state index in [-0.39, 0.29) is 11.7 Å². The summed E-state index contributed by atoms with van der Waals surface area (Å²) in [7, 11) is 0. The molecule has 0 saturated carbocycles. The number of halogens is 1. The molecule has 7 heteroatoms. The van der Waals surface area contributed by atoms with Crippen LogP contribution in [0.25, 0.3) is 10.1 Å². The summed E-state index contributed by atoms with van der Waals surface area (Å²) < 4.78 is 19.7. The van der Waals surface area contributed by atoms with Crippen molar-refractivity contribution in [2.24, 2.45) is 0 Å². The van der Waals surface area contributed by atoms with Crippen molar-refractivity contribution >= 4 is 39.0 Å². The third-order valence-corrected chi connectivity index (χ3v) is 7.21. The Labute approximate surface area is 203 Å². The summed E-state index contributed by atoms with van der Waals surface area (Å²) >= 11 is 1.57. The van der Waals surface area contributed by atoms with Gasteiger partial charge in [0.25, 0.3) is 5.91 Å². The number of fused-ring (bicyclic) bond motifs is 1. The monoisotopic (exact) mass is 474 g/mol. The number of amides is 1. The smallest absolute Gasteiger partial charge is 0.255 e. The lowest BCUT2D eigenvalue weighted by Gasteiger charge is -2.35. The van der Waals surface area contributed by atoms with Crippen molar-refractivity contribution in [3.63, 3.8) is 0 Å². The summed E-state index contributed by atoms with van der Waals surface area (Å²) in [6.07, 6.45) is 0.955. The van der Waals surface area contributed by atoms with Crippen LogP contribution in [0, 0.1) is 12.7 Å². The standard InChI is InChI=1S/C27H27FN4OS/c1-19-6-9-21(18-24(19)28)27(33)29-22-10-7-20(8-11-22)12-13-31-14-16-32(17-15-31)26-23-4-2-3-5-25(23)34-30-26/h2-11,18H,12-17H2,1H3,(H,29,33). The molecule has 0 bridgehead atoms. The van der Waals surface area contributed by atoms with Crippen molar-refractivity contribution in [3.05, 3.63) is 89.2 Å². The molecule has 5 rings (SSSR count). The molecule has 1 aromatic heterocycles. The van der Waals surface area contributed by atoms with E-state index < -0.39 is 0 Å². The van der Waals surface area contributed by atoms with Gasteiger partial charge in [-0.25, -0.2) is 4.39 Å². The minimum absolute atomic E-state index is 0.308. The largest absolute Gasteiger partial charge is 0.353 e. The number of anilines is 2. The fourth-order valence-electron chi connectivity index (χ4n) is 4.26. The summed E-state index contributed by atoms with van der Waals surface area (Å²) in [4.78, 5) is 17.3. The summed E-state index contributed by atoms with van der Waals surface area (Å²) in [5.74, 6) is 0.437. The number of aryl methyl sites for hydroxylation is 1. The van der Waals surface area contributed by atoms with Crippen LogP contribution in [0.1, 0.15) is 21.5 Å². The third-order valence-electron chi connectivity index (χ3n) is 6.39. The van der Waals surface area contributed by atoms with Crippen LogP contribution < -0.4 is 10.2 Å². The maximum Gasteiger partial charge on any atom is 0.255 e. The van der Waals surface area contributed by atoms with Gasteiger partial charge < -0.3 is 10.2 Å². The van der Waals surface area contributed by atoms with Gasteiger partial charge in [-0.2, -0.15) is 4.37 Å². The SMILES string of the molecule is Cc1ccc(C(=O)Nc2ccc(CCN3CCN(c4nsc5ccccc45)CC3)cc2)cc1F. The van der Waals surface area contributed by atoms with Gasteiger partial charge in [-0.1, -0.05) is 30.3 Å². The first-order valence-corrected chi connectivity index (χ1v) is 12.3. The number of hydrogen-bond acceptors (Lipinski definition) is 5. The van der Waals surface area contributed by atoms with Crippen molar-refractivity contribution in [1.82, 2.24) is 9.27 Å². The Morgan fingerprint density at radius 2 is 1.79 bits per heavy atom. The molecule has 4 aromatic rings. The second-order valence-electron chi connectivity index (χ2n) is 8.70. The predicted octanol–water partition coefficient (Wildman–Crippen LogP) is 5.36. The Morgan fingerprint density at radius 1 is 1.03 bits per heavy atom. The van der Waals surface area contributed by atoms with Gasteiger partial charge in [0.1, 0.15) is 11.6 Å². The van der Waals surface area contributed by atoms with Crippen molar-refractivity contribution in [2.45, 2.75) is 13.3 Å². The Kier molecular flexibility index (Phi) is 6.56. The zero-order valence-corrected chi connectivity index (χ0v) is 19.9. The molecule has 34 heavy (non-hydrogen) atoms. The van der Waals surface area contributed by atoms with Crippen molar-refractivity contribution in [1.29, 1.82) is 0 Å². The summed E-state index contributed by atoms with van der Waals surface area (Å²) in [5, 5.41) is 4.09. The van der Waals surface area contributed by atoms with E-state index in [9.17, 15) is 9.18 Å². The first-order valence-electron chi connectivity index (χ1n) is 11.5. The van der Waals surface area contributed by atoms with Crippen LogP contribution in [-0.2, 0) is 6.42 Å². The molecular formula is C27H27FN4OS. The van der Waals surface area contributed by atoms with Crippen molar-refractivity contribution < 1.29 is 9.18 Å². The second-order valence-corrected chi connectivity index (χ2v) is 9.50. The maximum absolute atomic E-state index is 13.7. The number of rotatable bonds is 6. The van der Waals surface area contributed by atoms with E-state index in [0.29, 0.717) is 16.8 Å². The molecule has 2 heterocycles. The highest BCUT2D eigenvalue weighted by atomic mass is 32.1. The van der Waals surface area contributed by atoms with E-state index in [0.717, 1.165) is 45.0 Å². The van der Waals surface area contributed by atoms with E-state index in [1.54, 1.807) is 30.6 Å². The molecule has 174 valence electrons. The molecule has 5 nitrogen and oxygen atoms in total. The van der Waals surface area contributed by atoms with Crippen LogP contribution in [0.4, 0.5) is 15.9 Å². The first-order chi connectivity index (χ1) is 16.6. The molecule has 1 N–H and O–H groups in total. The number of nitrogens with zero attached hydrogens (tertiary/aromatic N) is 3. The van der Waals surface area contributed by atoms with Gasteiger partial charge in [-0.3, -0.25) is 9.69 Å². The Morgan fingerprint density at radius 3 is 2.56 bits per heavy atom. The summed E-state index contributed by atoms with van der Waals surface area (Å²) in [5.41, 5.74) is 2.78. The minimum Gasteiger partial charge on any atom is -0.353 e. The van der Waals surface area contributed by atoms with Gasteiger partial charge >= 0.3 is 0 Å². The van der Waals surface area contributed by atoms with Crippen molar-refractivity contribution in [2.75, 3.05) is 42.9 Å². The first kappa shape index (κ1) is 22.5. The fraction of sp³-hybridized carbons (Fsp3) is 0.259. The van der Waals surface area contributed by atoms with Crippen LogP contribution in [0.2, 0.25) is 0 Å². The lowest BCUT2D eigenvalue weighted by atomic mass is 10.1. The zero-order chi connectivity index (χ0) is 23.5. The number of aromatic nitrogens is 1. The van der Waals surface area contributed by atoms with Gasteiger partial charge in [0.2, 0.25) is 0 Å². The molecular weight excluding hydrogens is 447 g/mol. The predicted molar refractivity (Wildman–Crippen MR) is 138 cm³/mol. The van der Waals surface area contributed by atoms with E-state index >= 15 is 0 Å². The minimum atomic E-state index is -0.372. The molecule has 1 saturated heterocycles. The number of nitrogens with one attached hydrogen (secondary N) is 1. The normalized spacial score (nSPS) is 14.5. The molecule has 3 aromatic carbocycles. The highest BCUT2D eigenvalue weighted by Crippen LogP contribution is 2.29. The quantitative estimate of drug-likeness (QED) is 0.409. The molecule has 1 aliphatic rings. The van der Waals surface area contributed by atoms with Crippen molar-refractivity contribution in [3.8, 4) is 0 Å². The van der Waals surface area contributed by atoms with Gasteiger partial charge in [0.05, 0.1) is 4.70 Å². The van der Waals surface area contributed by atoms with Gasteiger partial charge in [0, 0.05) is 49.4 Å². The van der Waals surface area contributed by atoms with E-state index in [2.05, 4.69) is 39.4 Å². The number of carbonyl (C=O) groups excluding carboxylic acids is 1. The maximum atomic E-state index is 13.7. The molecule has 1 amide bonds. The number of piperazine rings is 1. The molecule has 0 spiro atoms. The lowest BCUT2D eigenvalue weighted by Crippen LogP contribution is -2.47. The topological polar surface area (TPSA) is 48.5 Å². The van der Waals surface area contributed by atoms with Gasteiger partial charge in [0.15, 0.2) is 0 Å². The number of benzene rings is 3. The molecule has 1 fully saturated rings. The second kappa shape index (κ2) is 9.91. The van der Waals surface area contributed by atoms with Crippen LogP contribution in [0.3, 0.4) is 0 Å².